The number of piperazine rings is 1. The van der Waals surface area contributed by atoms with E-state index in [1.165, 1.54) is 42.5 Å². The molecule has 1 heterocycles. The average molecular weight is 476 g/mol. The van der Waals surface area contributed by atoms with E-state index in [9.17, 15) is 23.3 Å². The van der Waals surface area contributed by atoms with Gasteiger partial charge >= 0.3 is 0 Å². The van der Waals surface area contributed by atoms with Gasteiger partial charge in [-0.3, -0.25) is 19.6 Å². The summed E-state index contributed by atoms with van der Waals surface area (Å²) < 4.78 is 27.4. The van der Waals surface area contributed by atoms with E-state index >= 15 is 0 Å². The van der Waals surface area contributed by atoms with Crippen molar-refractivity contribution in [3.8, 4) is 0 Å². The predicted octanol–water partition coefficient (Wildman–Crippen LogP) is 2.15. The number of hydrogen-bond donors (Lipinski definition) is 2. The van der Waals surface area contributed by atoms with E-state index in [0.29, 0.717) is 12.1 Å². The summed E-state index contributed by atoms with van der Waals surface area (Å²) in [5, 5.41) is 13.8. The fourth-order valence-electron chi connectivity index (χ4n) is 3.60. The number of non-ortho nitro benzene ring substituents is 1. The van der Waals surface area contributed by atoms with E-state index < -0.39 is 14.9 Å². The van der Waals surface area contributed by atoms with Gasteiger partial charge in [-0.15, -0.1) is 0 Å². The molecule has 2 N–H and O–H groups in total. The lowest BCUT2D eigenvalue weighted by Crippen LogP contribution is -2.46. The van der Waals surface area contributed by atoms with Crippen molar-refractivity contribution in [3.63, 3.8) is 0 Å². The van der Waals surface area contributed by atoms with Crippen LogP contribution in [0.2, 0.25) is 0 Å². The Bertz CT molecular complexity index is 1070. The van der Waals surface area contributed by atoms with Crippen molar-refractivity contribution in [2.45, 2.75) is 18.2 Å². The molecule has 1 fully saturated rings. The van der Waals surface area contributed by atoms with E-state index in [0.717, 1.165) is 51.8 Å². The summed E-state index contributed by atoms with van der Waals surface area (Å²) in [6.45, 7) is 9.03. The molecule has 1 saturated heterocycles. The lowest BCUT2D eigenvalue weighted by Gasteiger charge is -2.33. The molecule has 178 valence electrons. The van der Waals surface area contributed by atoms with Gasteiger partial charge in [0.1, 0.15) is 0 Å². The zero-order valence-electron chi connectivity index (χ0n) is 18.6. The third-order valence-electron chi connectivity index (χ3n) is 5.59. The molecule has 2 aromatic rings. The number of nitro groups is 1. The fraction of sp³-hybridized carbons (Fsp3) is 0.409. The van der Waals surface area contributed by atoms with Crippen LogP contribution < -0.4 is 10.0 Å². The van der Waals surface area contributed by atoms with Crippen LogP contribution in [0, 0.1) is 10.1 Å². The number of sulfonamides is 1. The molecule has 0 atom stereocenters. The monoisotopic (exact) mass is 475 g/mol. The highest BCUT2D eigenvalue weighted by molar-refractivity contribution is 7.92. The zero-order chi connectivity index (χ0) is 23.8. The van der Waals surface area contributed by atoms with Crippen LogP contribution in [0.1, 0.15) is 23.7 Å². The lowest BCUT2D eigenvalue weighted by atomic mass is 10.2. The highest BCUT2D eigenvalue weighted by Crippen LogP contribution is 2.20. The maximum atomic E-state index is 12.5. The molecular formula is C22H29N5O5S. The normalized spacial score (nSPS) is 15.2. The number of nitrogens with one attached hydrogen (secondary N) is 2. The molecule has 1 amide bonds. The van der Waals surface area contributed by atoms with Crippen LogP contribution in [0.4, 0.5) is 11.4 Å². The first-order valence-electron chi connectivity index (χ1n) is 10.9. The van der Waals surface area contributed by atoms with Gasteiger partial charge in [-0.1, -0.05) is 13.0 Å². The first-order chi connectivity index (χ1) is 15.8. The highest BCUT2D eigenvalue weighted by Gasteiger charge is 2.18. The van der Waals surface area contributed by atoms with Crippen LogP contribution in [0.3, 0.4) is 0 Å². The summed E-state index contributed by atoms with van der Waals surface area (Å²) in [5.74, 6) is -0.223. The summed E-state index contributed by atoms with van der Waals surface area (Å²) in [6, 6.07) is 10.8. The predicted molar refractivity (Wildman–Crippen MR) is 126 cm³/mol. The van der Waals surface area contributed by atoms with E-state index in [4.69, 9.17) is 0 Å². The number of benzene rings is 2. The number of rotatable bonds is 10. The molecule has 33 heavy (non-hydrogen) atoms. The molecule has 10 nitrogen and oxygen atoms in total. The Labute approximate surface area is 193 Å². The standard InChI is InChI=1S/C22H29N5O5S/c1-2-25-13-15-26(16-14-25)12-4-11-23-22(28)18-7-9-19(10-8-18)24-33(31,32)21-6-3-5-20(17-21)27(29)30/h3,5-10,17,24H,2,4,11-16H2,1H3,(H,23,28). The summed E-state index contributed by atoms with van der Waals surface area (Å²) in [6.07, 6.45) is 0.860. The molecule has 0 aromatic heterocycles. The van der Waals surface area contributed by atoms with Crippen molar-refractivity contribution in [2.75, 3.05) is 50.5 Å². The van der Waals surface area contributed by atoms with Crippen LogP contribution in [-0.4, -0.2) is 74.9 Å². The quantitative estimate of drug-likeness (QED) is 0.306. The summed E-state index contributed by atoms with van der Waals surface area (Å²) >= 11 is 0. The zero-order valence-corrected chi connectivity index (χ0v) is 19.4. The average Bonchev–Trinajstić information content (AvgIpc) is 2.82. The lowest BCUT2D eigenvalue weighted by molar-refractivity contribution is -0.385. The topological polar surface area (TPSA) is 125 Å². The van der Waals surface area contributed by atoms with Gasteiger partial charge in [0, 0.05) is 56.1 Å². The van der Waals surface area contributed by atoms with Gasteiger partial charge < -0.3 is 15.1 Å². The number of hydrogen-bond acceptors (Lipinski definition) is 7. The van der Waals surface area contributed by atoms with E-state index in [1.807, 2.05) is 0 Å². The summed E-state index contributed by atoms with van der Waals surface area (Å²) in [7, 11) is -4.00. The number of likely N-dealkylation sites (N-methyl/N-ethyl adjacent to an activating group) is 1. The number of carbonyl (C=O) groups is 1. The largest absolute Gasteiger partial charge is 0.352 e. The highest BCUT2D eigenvalue weighted by atomic mass is 32.2. The number of nitrogens with zero attached hydrogens (tertiary/aromatic N) is 3. The van der Waals surface area contributed by atoms with Crippen molar-refractivity contribution < 1.29 is 18.1 Å². The van der Waals surface area contributed by atoms with Gasteiger partial charge in [-0.05, 0) is 49.8 Å². The molecular weight excluding hydrogens is 446 g/mol. The molecule has 0 unspecified atom stereocenters. The van der Waals surface area contributed by atoms with Gasteiger partial charge in [-0.25, -0.2) is 8.42 Å². The second-order valence-electron chi connectivity index (χ2n) is 7.82. The van der Waals surface area contributed by atoms with Gasteiger partial charge in [-0.2, -0.15) is 0 Å². The number of nitro benzene ring substituents is 1. The van der Waals surface area contributed by atoms with Crippen LogP contribution >= 0.6 is 0 Å². The number of carbonyl (C=O) groups excluding carboxylic acids is 1. The smallest absolute Gasteiger partial charge is 0.270 e. The molecule has 1 aliphatic heterocycles. The third-order valence-corrected chi connectivity index (χ3v) is 6.97. The van der Waals surface area contributed by atoms with E-state index in [1.54, 1.807) is 0 Å². The van der Waals surface area contributed by atoms with E-state index in [-0.39, 0.29) is 22.2 Å². The SMILES string of the molecule is CCN1CCN(CCCNC(=O)c2ccc(NS(=O)(=O)c3cccc([N+](=O)[O-])c3)cc2)CC1. The first kappa shape index (κ1) is 24.6. The number of amides is 1. The molecule has 0 bridgehead atoms. The third kappa shape index (κ3) is 6.98. The van der Waals surface area contributed by atoms with Crippen LogP contribution in [0.5, 0.6) is 0 Å². The molecule has 1 aliphatic rings. The number of anilines is 1. The minimum atomic E-state index is -4.00. The fourth-order valence-corrected chi connectivity index (χ4v) is 4.70. The second-order valence-corrected chi connectivity index (χ2v) is 9.51. The van der Waals surface area contributed by atoms with Gasteiger partial charge in [0.2, 0.25) is 0 Å². The molecule has 11 heteroatoms. The van der Waals surface area contributed by atoms with Crippen LogP contribution in [0.25, 0.3) is 0 Å². The summed E-state index contributed by atoms with van der Waals surface area (Å²) in [4.78, 5) is 27.2. The second kappa shape index (κ2) is 11.2. The Morgan fingerprint density at radius 2 is 1.73 bits per heavy atom. The van der Waals surface area contributed by atoms with Crippen LogP contribution in [0.15, 0.2) is 53.4 Å². The van der Waals surface area contributed by atoms with Gasteiger partial charge in [0.05, 0.1) is 9.82 Å². The Morgan fingerprint density at radius 3 is 2.36 bits per heavy atom. The maximum Gasteiger partial charge on any atom is 0.270 e. The minimum Gasteiger partial charge on any atom is -0.352 e. The summed E-state index contributed by atoms with van der Waals surface area (Å²) in [5.41, 5.74) is 0.363. The van der Waals surface area contributed by atoms with Crippen molar-refractivity contribution in [1.82, 2.24) is 15.1 Å². The van der Waals surface area contributed by atoms with Crippen molar-refractivity contribution >= 4 is 27.3 Å². The van der Waals surface area contributed by atoms with Crippen LogP contribution in [-0.2, 0) is 10.0 Å². The van der Waals surface area contributed by atoms with E-state index in [2.05, 4.69) is 26.8 Å². The molecule has 0 radical (unpaired) electrons. The van der Waals surface area contributed by atoms with Gasteiger partial charge in [0.25, 0.3) is 21.6 Å². The van der Waals surface area contributed by atoms with Crippen molar-refractivity contribution in [1.29, 1.82) is 0 Å². The Hall–Kier alpha value is -3.02. The van der Waals surface area contributed by atoms with Crippen molar-refractivity contribution in [2.24, 2.45) is 0 Å². The molecule has 0 saturated carbocycles. The molecule has 0 spiro atoms. The maximum absolute atomic E-state index is 12.5. The molecule has 0 aliphatic carbocycles. The molecule has 3 rings (SSSR count). The van der Waals surface area contributed by atoms with Crippen molar-refractivity contribution in [3.05, 3.63) is 64.2 Å². The van der Waals surface area contributed by atoms with Gasteiger partial charge in [0.15, 0.2) is 0 Å². The first-order valence-corrected chi connectivity index (χ1v) is 12.4. The Balaban J connectivity index is 1.48. The Kier molecular flexibility index (Phi) is 8.37. The minimum absolute atomic E-state index is 0.213. The Morgan fingerprint density at radius 1 is 1.06 bits per heavy atom. The molecule has 2 aromatic carbocycles.